The molecule has 1 aliphatic rings. The third-order valence-corrected chi connectivity index (χ3v) is 4.56. The fourth-order valence-corrected chi connectivity index (χ4v) is 3.04. The van der Waals surface area contributed by atoms with Crippen LogP contribution in [0.25, 0.3) is 0 Å². The molecular weight excluding hydrogens is 361 g/mol. The Hall–Kier alpha value is -2.72. The molecule has 1 aliphatic heterocycles. The summed E-state index contributed by atoms with van der Waals surface area (Å²) in [5.41, 5.74) is 0.256. The fraction of sp³-hybridized carbons (Fsp3) is 0.158. The Bertz CT molecular complexity index is 963. The highest BCUT2D eigenvalue weighted by molar-refractivity contribution is 8.14. The molecule has 2 aromatic carbocycles. The van der Waals surface area contributed by atoms with Crippen LogP contribution in [0.4, 0.5) is 18.9 Å². The molecule has 0 spiro atoms. The molecule has 0 bridgehead atoms. The predicted molar refractivity (Wildman–Crippen MR) is 96.9 cm³/mol. The van der Waals surface area contributed by atoms with Gasteiger partial charge < -0.3 is 5.32 Å². The predicted octanol–water partition coefficient (Wildman–Crippen LogP) is 4.24. The van der Waals surface area contributed by atoms with E-state index in [2.05, 4.69) is 22.2 Å². The van der Waals surface area contributed by atoms with Gasteiger partial charge in [0.25, 0.3) is 5.91 Å². The van der Waals surface area contributed by atoms with Crippen LogP contribution in [0.15, 0.2) is 41.4 Å². The van der Waals surface area contributed by atoms with E-state index in [0.717, 1.165) is 29.0 Å². The molecule has 2 aromatic rings. The number of hydrogen-bond acceptors (Lipinski definition) is 3. The first-order valence-electron chi connectivity index (χ1n) is 7.67. The van der Waals surface area contributed by atoms with Crippen molar-refractivity contribution in [3.8, 4) is 11.8 Å². The molecule has 1 unspecified atom stereocenters. The van der Waals surface area contributed by atoms with Crippen LogP contribution in [0.2, 0.25) is 0 Å². The van der Waals surface area contributed by atoms with Crippen molar-refractivity contribution in [3.63, 3.8) is 0 Å². The quantitative estimate of drug-likeness (QED) is 0.799. The first-order chi connectivity index (χ1) is 12.4. The van der Waals surface area contributed by atoms with Gasteiger partial charge >= 0.3 is 0 Å². The van der Waals surface area contributed by atoms with Crippen LogP contribution in [0.1, 0.15) is 22.8 Å². The van der Waals surface area contributed by atoms with Crippen LogP contribution in [-0.4, -0.2) is 22.7 Å². The molecule has 1 N–H and O–H groups in total. The van der Waals surface area contributed by atoms with Crippen LogP contribution in [0, 0.1) is 29.3 Å². The van der Waals surface area contributed by atoms with Crippen LogP contribution < -0.4 is 5.32 Å². The van der Waals surface area contributed by atoms with E-state index in [1.165, 1.54) is 18.2 Å². The number of carbonyl (C=O) groups is 1. The Morgan fingerprint density at radius 2 is 1.92 bits per heavy atom. The number of nitrogens with zero attached hydrogens (tertiary/aromatic N) is 1. The molecule has 0 aliphatic carbocycles. The van der Waals surface area contributed by atoms with E-state index in [9.17, 15) is 18.0 Å². The zero-order valence-electron chi connectivity index (χ0n) is 13.6. The lowest BCUT2D eigenvalue weighted by Crippen LogP contribution is -2.14. The zero-order chi connectivity index (χ0) is 18.7. The summed E-state index contributed by atoms with van der Waals surface area (Å²) in [5, 5.41) is 3.31. The lowest BCUT2D eigenvalue weighted by atomic mass is 10.1. The molecule has 0 radical (unpaired) electrons. The highest BCUT2D eigenvalue weighted by atomic mass is 32.2. The monoisotopic (exact) mass is 374 g/mol. The second-order valence-corrected chi connectivity index (χ2v) is 6.73. The number of halogens is 3. The summed E-state index contributed by atoms with van der Waals surface area (Å²) >= 11 is 1.62. The summed E-state index contributed by atoms with van der Waals surface area (Å²) in [6.45, 7) is 1.91. The summed E-state index contributed by atoms with van der Waals surface area (Å²) in [5.74, 6) is 2.98. The number of carbonyl (C=O) groups excluding carboxylic acids is 1. The normalized spacial score (nSPS) is 15.8. The van der Waals surface area contributed by atoms with Crippen molar-refractivity contribution in [1.82, 2.24) is 0 Å². The van der Waals surface area contributed by atoms with E-state index in [-0.39, 0.29) is 17.3 Å². The van der Waals surface area contributed by atoms with Crippen LogP contribution >= 0.6 is 11.8 Å². The minimum absolute atomic E-state index is 0.0255. The Labute approximate surface area is 152 Å². The number of nitrogens with one attached hydrogen (secondary N) is 1. The fourth-order valence-electron chi connectivity index (χ4n) is 2.28. The van der Waals surface area contributed by atoms with Gasteiger partial charge in [-0.25, -0.2) is 13.2 Å². The third-order valence-electron chi connectivity index (χ3n) is 3.56. The molecule has 1 amide bonds. The average molecular weight is 374 g/mol. The molecule has 0 fully saturated rings. The second kappa shape index (κ2) is 7.67. The first kappa shape index (κ1) is 18.1. The highest BCUT2D eigenvalue weighted by Crippen LogP contribution is 2.18. The van der Waals surface area contributed by atoms with Gasteiger partial charge in [-0.05, 0) is 37.3 Å². The highest BCUT2D eigenvalue weighted by Gasteiger charge is 2.15. The van der Waals surface area contributed by atoms with Gasteiger partial charge in [0.15, 0.2) is 11.6 Å². The van der Waals surface area contributed by atoms with E-state index in [1.54, 1.807) is 11.8 Å². The van der Waals surface area contributed by atoms with Gasteiger partial charge in [0.1, 0.15) is 11.9 Å². The van der Waals surface area contributed by atoms with Crippen molar-refractivity contribution in [2.45, 2.75) is 13.0 Å². The zero-order valence-corrected chi connectivity index (χ0v) is 14.5. The largest absolute Gasteiger partial charge is 0.322 e. The second-order valence-electron chi connectivity index (χ2n) is 5.52. The summed E-state index contributed by atoms with van der Waals surface area (Å²) in [7, 11) is 0. The molecule has 1 heterocycles. The molecule has 0 saturated carbocycles. The maximum atomic E-state index is 14.0. The lowest BCUT2D eigenvalue weighted by Gasteiger charge is -2.07. The van der Waals surface area contributed by atoms with Gasteiger partial charge in [-0.2, -0.15) is 0 Å². The Balaban J connectivity index is 1.79. The van der Waals surface area contributed by atoms with Crippen LogP contribution in [0.5, 0.6) is 0 Å². The summed E-state index contributed by atoms with van der Waals surface area (Å²) in [6.07, 6.45) is 0. The van der Waals surface area contributed by atoms with Crippen LogP contribution in [0.3, 0.4) is 0 Å². The van der Waals surface area contributed by atoms with Gasteiger partial charge in [-0.3, -0.25) is 9.79 Å². The minimum atomic E-state index is -1.10. The molecule has 0 saturated heterocycles. The third kappa shape index (κ3) is 4.27. The first-order valence-corrected chi connectivity index (χ1v) is 8.65. The summed E-state index contributed by atoms with van der Waals surface area (Å²) in [6, 6.07) is 6.70. The molecule has 7 heteroatoms. The number of rotatable bonds is 2. The maximum absolute atomic E-state index is 14.0. The van der Waals surface area contributed by atoms with Gasteiger partial charge in [-0.15, -0.1) is 11.8 Å². The maximum Gasteiger partial charge on any atom is 0.258 e. The van der Waals surface area contributed by atoms with Gasteiger partial charge in [0, 0.05) is 23.1 Å². The van der Waals surface area contributed by atoms with Gasteiger partial charge in [0.05, 0.1) is 10.6 Å². The topological polar surface area (TPSA) is 41.5 Å². The molecule has 0 aromatic heterocycles. The number of amides is 1. The minimum Gasteiger partial charge on any atom is -0.322 e. The number of thioether (sulfide) groups is 1. The molecule has 3 nitrogen and oxygen atoms in total. The molecule has 1 atom stereocenters. The van der Waals surface area contributed by atoms with Gasteiger partial charge in [-0.1, -0.05) is 11.8 Å². The molecular formula is C19H13F3N2OS. The molecule has 26 heavy (non-hydrogen) atoms. The Morgan fingerprint density at radius 1 is 1.15 bits per heavy atom. The van der Waals surface area contributed by atoms with Crippen molar-refractivity contribution in [2.24, 2.45) is 4.99 Å². The number of aliphatic imine (C=N–C) groups is 1. The summed E-state index contributed by atoms with van der Waals surface area (Å²) < 4.78 is 40.2. The van der Waals surface area contributed by atoms with Gasteiger partial charge in [0.2, 0.25) is 0 Å². The Morgan fingerprint density at radius 3 is 2.62 bits per heavy atom. The Kier molecular flexibility index (Phi) is 5.33. The number of benzene rings is 2. The van der Waals surface area contributed by atoms with Crippen molar-refractivity contribution < 1.29 is 18.0 Å². The average Bonchev–Trinajstić information content (AvgIpc) is 3.03. The van der Waals surface area contributed by atoms with Crippen LogP contribution in [-0.2, 0) is 0 Å². The molecule has 132 valence electrons. The standard InChI is InChI=1S/C19H13F3N2OS/c1-11-23-14(10-26-11)4-2-12-3-6-16(20)15(8-12)19(25)24-13-5-7-17(21)18(22)9-13/h3,5-9,14H,10H2,1H3,(H,24,25). The number of hydrogen-bond donors (Lipinski definition) is 1. The smallest absolute Gasteiger partial charge is 0.258 e. The van der Waals surface area contributed by atoms with E-state index in [4.69, 9.17) is 0 Å². The van der Waals surface area contributed by atoms with Crippen molar-refractivity contribution in [3.05, 3.63) is 65.0 Å². The SMILES string of the molecule is CC1=NC(C#Cc2ccc(F)c(C(=O)Nc3ccc(F)c(F)c3)c2)CS1. The number of anilines is 1. The van der Waals surface area contributed by atoms with E-state index < -0.39 is 23.4 Å². The van der Waals surface area contributed by atoms with E-state index in [0.29, 0.717) is 5.56 Å². The van der Waals surface area contributed by atoms with Crippen molar-refractivity contribution >= 4 is 28.4 Å². The molecule has 3 rings (SSSR count). The van der Waals surface area contributed by atoms with E-state index >= 15 is 0 Å². The van der Waals surface area contributed by atoms with Crippen molar-refractivity contribution in [1.29, 1.82) is 0 Å². The lowest BCUT2D eigenvalue weighted by molar-refractivity contribution is 0.102. The summed E-state index contributed by atoms with van der Waals surface area (Å²) in [4.78, 5) is 16.6. The van der Waals surface area contributed by atoms with E-state index in [1.807, 2.05) is 6.92 Å². The van der Waals surface area contributed by atoms with Crippen molar-refractivity contribution in [2.75, 3.05) is 11.1 Å².